The third kappa shape index (κ3) is 1.64. The predicted molar refractivity (Wildman–Crippen MR) is 46.5 cm³/mol. The van der Waals surface area contributed by atoms with E-state index in [1.54, 1.807) is 0 Å². The Labute approximate surface area is 68.1 Å². The number of rotatable bonds is 0. The molecule has 64 valence electrons. The minimum absolute atomic E-state index is 0.226. The van der Waals surface area contributed by atoms with Gasteiger partial charge in [0.25, 0.3) is 0 Å². The Kier molecular flexibility index (Phi) is 2.37. The average molecular weight is 155 g/mol. The fourth-order valence-corrected chi connectivity index (χ4v) is 1.68. The first-order chi connectivity index (χ1) is 5.13. The first kappa shape index (κ1) is 8.37. The Morgan fingerprint density at radius 2 is 2.18 bits per heavy atom. The summed E-state index contributed by atoms with van der Waals surface area (Å²) in [6, 6.07) is 0.446. The molecule has 3 N–H and O–H groups in total. The Bertz CT molecular complexity index is 155. The van der Waals surface area contributed by atoms with Crippen molar-refractivity contribution in [1.29, 1.82) is 5.41 Å². The molecule has 1 saturated heterocycles. The van der Waals surface area contributed by atoms with Gasteiger partial charge in [0.05, 0.1) is 0 Å². The van der Waals surface area contributed by atoms with Gasteiger partial charge in [0.1, 0.15) is 0 Å². The molecule has 0 saturated carbocycles. The van der Waals surface area contributed by atoms with Crippen molar-refractivity contribution in [3.05, 3.63) is 0 Å². The molecular formula is C8H17N3. The van der Waals surface area contributed by atoms with Gasteiger partial charge in [0.2, 0.25) is 0 Å². The third-order valence-corrected chi connectivity index (χ3v) is 2.68. The van der Waals surface area contributed by atoms with E-state index in [4.69, 9.17) is 11.1 Å². The van der Waals surface area contributed by atoms with Crippen LogP contribution in [0.2, 0.25) is 0 Å². The minimum atomic E-state index is 0.226. The minimum Gasteiger partial charge on any atom is -0.370 e. The molecule has 1 aliphatic rings. The van der Waals surface area contributed by atoms with E-state index >= 15 is 0 Å². The van der Waals surface area contributed by atoms with Crippen molar-refractivity contribution < 1.29 is 0 Å². The lowest BCUT2D eigenvalue weighted by atomic mass is 9.92. The standard InChI is InChI=1S/C8H17N3/c1-6-4-3-5-11(7(6)2)8(9)10/h6-7H,3-5H2,1-2H3,(H3,9,10)/t6-,7-/m0/s1. The van der Waals surface area contributed by atoms with Gasteiger partial charge in [0.15, 0.2) is 5.96 Å². The van der Waals surface area contributed by atoms with Crippen LogP contribution < -0.4 is 5.73 Å². The molecule has 1 heterocycles. The Morgan fingerprint density at radius 3 is 2.64 bits per heavy atom. The molecule has 11 heavy (non-hydrogen) atoms. The zero-order chi connectivity index (χ0) is 8.43. The van der Waals surface area contributed by atoms with Crippen LogP contribution in [0.25, 0.3) is 0 Å². The van der Waals surface area contributed by atoms with Crippen LogP contribution in [0, 0.1) is 11.3 Å². The summed E-state index contributed by atoms with van der Waals surface area (Å²) < 4.78 is 0. The van der Waals surface area contributed by atoms with Gasteiger partial charge in [-0.15, -0.1) is 0 Å². The summed E-state index contributed by atoms with van der Waals surface area (Å²) in [6.45, 7) is 5.33. The van der Waals surface area contributed by atoms with Crippen molar-refractivity contribution in [1.82, 2.24) is 4.90 Å². The highest BCUT2D eigenvalue weighted by Crippen LogP contribution is 2.21. The van der Waals surface area contributed by atoms with Crippen LogP contribution in [-0.2, 0) is 0 Å². The van der Waals surface area contributed by atoms with Gasteiger partial charge in [-0.1, -0.05) is 6.92 Å². The van der Waals surface area contributed by atoms with E-state index in [9.17, 15) is 0 Å². The van der Waals surface area contributed by atoms with Crippen LogP contribution in [0.3, 0.4) is 0 Å². The maximum Gasteiger partial charge on any atom is 0.188 e. The number of nitrogens with zero attached hydrogens (tertiary/aromatic N) is 1. The van der Waals surface area contributed by atoms with E-state index < -0.39 is 0 Å². The molecule has 2 atom stereocenters. The lowest BCUT2D eigenvalue weighted by Crippen LogP contribution is -2.48. The maximum atomic E-state index is 7.31. The zero-order valence-corrected chi connectivity index (χ0v) is 7.30. The molecule has 0 aromatic carbocycles. The van der Waals surface area contributed by atoms with Gasteiger partial charge in [-0.05, 0) is 25.7 Å². The molecule has 0 amide bonds. The number of guanidine groups is 1. The molecule has 0 aromatic rings. The third-order valence-electron chi connectivity index (χ3n) is 2.68. The van der Waals surface area contributed by atoms with Crippen LogP contribution >= 0.6 is 0 Å². The summed E-state index contributed by atoms with van der Waals surface area (Å²) in [5, 5.41) is 7.31. The van der Waals surface area contributed by atoms with E-state index in [0.29, 0.717) is 12.0 Å². The van der Waals surface area contributed by atoms with E-state index in [-0.39, 0.29) is 5.96 Å². The Hall–Kier alpha value is -0.730. The molecular weight excluding hydrogens is 138 g/mol. The van der Waals surface area contributed by atoms with Crippen molar-refractivity contribution in [2.75, 3.05) is 6.54 Å². The smallest absolute Gasteiger partial charge is 0.188 e. The van der Waals surface area contributed by atoms with E-state index in [1.165, 1.54) is 12.8 Å². The van der Waals surface area contributed by atoms with Gasteiger partial charge in [0, 0.05) is 12.6 Å². The Balaban J connectivity index is 2.58. The summed E-state index contributed by atoms with van der Waals surface area (Å²) in [5.74, 6) is 0.900. The molecule has 0 aliphatic carbocycles. The molecule has 3 nitrogen and oxygen atoms in total. The van der Waals surface area contributed by atoms with Crippen LogP contribution in [0.4, 0.5) is 0 Å². The highest BCUT2D eigenvalue weighted by Gasteiger charge is 2.24. The van der Waals surface area contributed by atoms with Gasteiger partial charge in [-0.25, -0.2) is 0 Å². The molecule has 0 aromatic heterocycles. The van der Waals surface area contributed by atoms with Crippen molar-refractivity contribution >= 4 is 5.96 Å². The summed E-state index contributed by atoms with van der Waals surface area (Å²) in [5.41, 5.74) is 5.43. The first-order valence-electron chi connectivity index (χ1n) is 4.23. The highest BCUT2D eigenvalue weighted by atomic mass is 15.3. The number of nitrogens with one attached hydrogen (secondary N) is 1. The summed E-state index contributed by atoms with van der Waals surface area (Å²) >= 11 is 0. The second-order valence-electron chi connectivity index (χ2n) is 3.44. The van der Waals surface area contributed by atoms with Gasteiger partial charge in [-0.2, -0.15) is 0 Å². The molecule has 0 radical (unpaired) electrons. The van der Waals surface area contributed by atoms with Crippen molar-refractivity contribution in [3.8, 4) is 0 Å². The number of piperidine rings is 1. The van der Waals surface area contributed by atoms with Crippen molar-refractivity contribution in [2.24, 2.45) is 11.7 Å². The van der Waals surface area contributed by atoms with Crippen molar-refractivity contribution in [3.63, 3.8) is 0 Å². The van der Waals surface area contributed by atoms with E-state index in [2.05, 4.69) is 13.8 Å². The molecule has 0 spiro atoms. The van der Waals surface area contributed by atoms with E-state index in [1.807, 2.05) is 4.90 Å². The normalized spacial score (nSPS) is 32.0. The van der Waals surface area contributed by atoms with Crippen LogP contribution in [0.15, 0.2) is 0 Å². The molecule has 0 bridgehead atoms. The van der Waals surface area contributed by atoms with E-state index in [0.717, 1.165) is 6.54 Å². The van der Waals surface area contributed by atoms with Gasteiger partial charge < -0.3 is 10.6 Å². The first-order valence-corrected chi connectivity index (χ1v) is 4.23. The molecule has 3 heteroatoms. The molecule has 0 unspecified atom stereocenters. The summed E-state index contributed by atoms with van der Waals surface area (Å²) in [4.78, 5) is 1.98. The monoisotopic (exact) mass is 155 g/mol. The van der Waals surface area contributed by atoms with Gasteiger partial charge in [-0.3, -0.25) is 5.41 Å². The lowest BCUT2D eigenvalue weighted by Gasteiger charge is -2.38. The topological polar surface area (TPSA) is 53.1 Å². The number of nitrogens with two attached hydrogens (primary N) is 1. The second-order valence-corrected chi connectivity index (χ2v) is 3.44. The largest absolute Gasteiger partial charge is 0.370 e. The number of hydrogen-bond acceptors (Lipinski definition) is 1. The van der Waals surface area contributed by atoms with Crippen LogP contribution in [-0.4, -0.2) is 23.4 Å². The van der Waals surface area contributed by atoms with Gasteiger partial charge >= 0.3 is 0 Å². The number of hydrogen-bond donors (Lipinski definition) is 2. The summed E-state index contributed by atoms with van der Waals surface area (Å²) in [6.07, 6.45) is 2.44. The molecule has 1 fully saturated rings. The second kappa shape index (κ2) is 3.11. The van der Waals surface area contributed by atoms with Crippen LogP contribution in [0.1, 0.15) is 26.7 Å². The highest BCUT2D eigenvalue weighted by molar-refractivity contribution is 5.75. The Morgan fingerprint density at radius 1 is 1.55 bits per heavy atom. The molecule has 1 aliphatic heterocycles. The molecule has 1 rings (SSSR count). The predicted octanol–water partition coefficient (Wildman–Crippen LogP) is 1.00. The zero-order valence-electron chi connectivity index (χ0n) is 7.30. The SMILES string of the molecule is C[C@H]1CCCN(C(=N)N)[C@H]1C. The average Bonchev–Trinajstić information content (AvgIpc) is 1.94. The lowest BCUT2D eigenvalue weighted by molar-refractivity contribution is 0.188. The van der Waals surface area contributed by atoms with Crippen molar-refractivity contribution in [2.45, 2.75) is 32.7 Å². The quantitative estimate of drug-likeness (QED) is 0.405. The summed E-state index contributed by atoms with van der Waals surface area (Å²) in [7, 11) is 0. The van der Waals surface area contributed by atoms with Crippen LogP contribution in [0.5, 0.6) is 0 Å². The maximum absolute atomic E-state index is 7.31. The number of likely N-dealkylation sites (tertiary alicyclic amines) is 1. The fraction of sp³-hybridized carbons (Fsp3) is 0.875. The fourth-order valence-electron chi connectivity index (χ4n) is 1.68.